The van der Waals surface area contributed by atoms with Crippen molar-refractivity contribution in [2.75, 3.05) is 31.8 Å². The highest BCUT2D eigenvalue weighted by Gasteiger charge is 2.26. The molecule has 11 nitrogen and oxygen atoms in total. The second kappa shape index (κ2) is 9.29. The summed E-state index contributed by atoms with van der Waals surface area (Å²) in [7, 11) is 1.65. The van der Waals surface area contributed by atoms with E-state index >= 15 is 0 Å². The van der Waals surface area contributed by atoms with Crippen LogP contribution in [0.4, 0.5) is 5.13 Å². The van der Waals surface area contributed by atoms with E-state index in [1.165, 1.54) is 22.2 Å². The van der Waals surface area contributed by atoms with E-state index in [1.54, 1.807) is 13.1 Å². The smallest absolute Gasteiger partial charge is 0.273 e. The molecule has 1 fully saturated rings. The Kier molecular flexibility index (Phi) is 6.05. The van der Waals surface area contributed by atoms with E-state index < -0.39 is 0 Å². The third kappa shape index (κ3) is 4.40. The minimum Gasteiger partial charge on any atom is -0.454 e. The molecule has 2 aromatic heterocycles. The zero-order valence-corrected chi connectivity index (χ0v) is 19.4. The van der Waals surface area contributed by atoms with Gasteiger partial charge in [0.05, 0.1) is 0 Å². The molecular weight excluding hydrogens is 460 g/mol. The third-order valence-corrected chi connectivity index (χ3v) is 7.09. The lowest BCUT2D eigenvalue weighted by atomic mass is 9.96. The molecule has 5 rings (SSSR count). The summed E-state index contributed by atoms with van der Waals surface area (Å²) < 4.78 is 12.3. The number of hydrogen-bond acceptors (Lipinski definition) is 9. The zero-order valence-electron chi connectivity index (χ0n) is 18.6. The Hall–Kier alpha value is -3.67. The number of aromatic nitrogens is 3. The molecule has 178 valence electrons. The summed E-state index contributed by atoms with van der Waals surface area (Å²) in [5.41, 5.74) is 0.938. The van der Waals surface area contributed by atoms with E-state index in [0.29, 0.717) is 46.6 Å². The van der Waals surface area contributed by atoms with Crippen LogP contribution < -0.4 is 30.6 Å². The van der Waals surface area contributed by atoms with Gasteiger partial charge in [-0.3, -0.25) is 19.0 Å². The molecule has 34 heavy (non-hydrogen) atoms. The number of carbonyl (C=O) groups is 2. The molecule has 0 saturated carbocycles. The van der Waals surface area contributed by atoms with Crippen molar-refractivity contribution in [3.63, 3.8) is 0 Å². The first-order valence-electron chi connectivity index (χ1n) is 11.0. The molecule has 0 radical (unpaired) electrons. The molecule has 0 atom stereocenters. The van der Waals surface area contributed by atoms with Gasteiger partial charge in [-0.25, -0.2) is 4.98 Å². The maximum Gasteiger partial charge on any atom is 0.273 e. The maximum absolute atomic E-state index is 13.0. The fraction of sp³-hybridized carbons (Fsp3) is 0.409. The third-order valence-electron chi connectivity index (χ3n) is 6.00. The van der Waals surface area contributed by atoms with E-state index in [2.05, 4.69) is 25.5 Å². The van der Waals surface area contributed by atoms with Crippen molar-refractivity contribution in [3.05, 3.63) is 40.4 Å². The minimum absolute atomic E-state index is 0.00200. The van der Waals surface area contributed by atoms with Crippen LogP contribution in [0.25, 0.3) is 10.3 Å². The molecule has 12 heteroatoms. The number of rotatable bonds is 6. The molecule has 0 unspecified atom stereocenters. The number of thiazole rings is 1. The van der Waals surface area contributed by atoms with Crippen molar-refractivity contribution >= 4 is 38.6 Å². The van der Waals surface area contributed by atoms with E-state index in [4.69, 9.17) is 9.47 Å². The predicted octanol–water partition coefficient (Wildman–Crippen LogP) is 0.860. The molecule has 3 aromatic rings. The van der Waals surface area contributed by atoms with E-state index in [1.807, 2.05) is 12.1 Å². The van der Waals surface area contributed by atoms with Gasteiger partial charge in [0.2, 0.25) is 18.6 Å². The highest BCUT2D eigenvalue weighted by Crippen LogP contribution is 2.32. The molecule has 2 aliphatic heterocycles. The monoisotopic (exact) mass is 484 g/mol. The van der Waals surface area contributed by atoms with Crippen LogP contribution in [-0.4, -0.2) is 53.3 Å². The Morgan fingerprint density at radius 3 is 2.79 bits per heavy atom. The number of benzene rings is 1. The van der Waals surface area contributed by atoms with Gasteiger partial charge in [-0.05, 0) is 30.5 Å². The number of nitrogens with zero attached hydrogens (tertiary/aromatic N) is 4. The van der Waals surface area contributed by atoms with Crippen LogP contribution in [0.5, 0.6) is 11.5 Å². The highest BCUT2D eigenvalue weighted by atomic mass is 32.1. The summed E-state index contributed by atoms with van der Waals surface area (Å²) in [6.45, 7) is 1.73. The summed E-state index contributed by atoms with van der Waals surface area (Å²) in [5.74, 6) is 1.09. The van der Waals surface area contributed by atoms with Gasteiger partial charge < -0.3 is 25.0 Å². The predicted molar refractivity (Wildman–Crippen MR) is 125 cm³/mol. The van der Waals surface area contributed by atoms with Gasteiger partial charge in [0.15, 0.2) is 22.3 Å². The Bertz CT molecular complexity index is 1300. The quantitative estimate of drug-likeness (QED) is 0.527. The lowest BCUT2D eigenvalue weighted by Gasteiger charge is -2.30. The number of amides is 2. The first-order valence-corrected chi connectivity index (χ1v) is 11.8. The number of nitrogens with one attached hydrogen (secondary N) is 2. The molecular formula is C22H24N6O5S. The summed E-state index contributed by atoms with van der Waals surface area (Å²) in [4.78, 5) is 48.1. The van der Waals surface area contributed by atoms with Crippen molar-refractivity contribution < 1.29 is 19.1 Å². The Morgan fingerprint density at radius 2 is 2.00 bits per heavy atom. The van der Waals surface area contributed by atoms with Gasteiger partial charge in [0.25, 0.3) is 5.56 Å². The van der Waals surface area contributed by atoms with Gasteiger partial charge in [-0.15, -0.1) is 0 Å². The Labute approximate surface area is 198 Å². The van der Waals surface area contributed by atoms with Gasteiger partial charge in [-0.2, -0.15) is 4.98 Å². The molecule has 4 heterocycles. The highest BCUT2D eigenvalue weighted by molar-refractivity contribution is 7.22. The lowest BCUT2D eigenvalue weighted by molar-refractivity contribution is -0.125. The SMILES string of the molecule is CNC(=O)C1CCN(c2nc3ncn(CC(=O)NCc4ccc5c(c4)OCO5)c(=O)c3s2)CC1. The maximum atomic E-state index is 13.0. The summed E-state index contributed by atoms with van der Waals surface area (Å²) in [5, 5.41) is 6.22. The second-order valence-electron chi connectivity index (χ2n) is 8.17. The molecule has 0 spiro atoms. The van der Waals surface area contributed by atoms with E-state index in [9.17, 15) is 14.4 Å². The fourth-order valence-corrected chi connectivity index (χ4v) is 5.10. The summed E-state index contributed by atoms with van der Waals surface area (Å²) in [6.07, 6.45) is 2.82. The van der Waals surface area contributed by atoms with Crippen molar-refractivity contribution in [1.29, 1.82) is 0 Å². The molecule has 1 saturated heterocycles. The Balaban J connectivity index is 1.23. The number of ether oxygens (including phenoxy) is 2. The zero-order chi connectivity index (χ0) is 23.7. The molecule has 0 aliphatic carbocycles. The summed E-state index contributed by atoms with van der Waals surface area (Å²) >= 11 is 1.27. The van der Waals surface area contributed by atoms with Crippen molar-refractivity contribution in [3.8, 4) is 11.5 Å². The number of carbonyl (C=O) groups excluding carboxylic acids is 2. The summed E-state index contributed by atoms with van der Waals surface area (Å²) in [6, 6.07) is 5.47. The van der Waals surface area contributed by atoms with Crippen LogP contribution in [0.2, 0.25) is 0 Å². The van der Waals surface area contributed by atoms with Gasteiger partial charge in [0.1, 0.15) is 17.6 Å². The van der Waals surface area contributed by atoms with Crippen LogP contribution in [-0.2, 0) is 22.7 Å². The average Bonchev–Trinajstić information content (AvgIpc) is 3.51. The molecule has 2 N–H and O–H groups in total. The molecule has 0 bridgehead atoms. The van der Waals surface area contributed by atoms with E-state index in [0.717, 1.165) is 18.4 Å². The topological polar surface area (TPSA) is 128 Å². The van der Waals surface area contributed by atoms with Crippen molar-refractivity contribution in [2.45, 2.75) is 25.9 Å². The van der Waals surface area contributed by atoms with Gasteiger partial charge >= 0.3 is 0 Å². The van der Waals surface area contributed by atoms with E-state index in [-0.39, 0.29) is 36.6 Å². The largest absolute Gasteiger partial charge is 0.454 e. The van der Waals surface area contributed by atoms with Crippen molar-refractivity contribution in [2.24, 2.45) is 5.92 Å². The van der Waals surface area contributed by atoms with Crippen LogP contribution in [0.15, 0.2) is 29.3 Å². The van der Waals surface area contributed by atoms with Crippen molar-refractivity contribution in [1.82, 2.24) is 25.2 Å². The normalized spacial score (nSPS) is 15.5. The molecule has 2 amide bonds. The second-order valence-corrected chi connectivity index (χ2v) is 9.14. The number of piperidine rings is 1. The lowest BCUT2D eigenvalue weighted by Crippen LogP contribution is -2.39. The number of hydrogen-bond donors (Lipinski definition) is 2. The van der Waals surface area contributed by atoms with Crippen LogP contribution in [0, 0.1) is 5.92 Å². The Morgan fingerprint density at radius 1 is 1.21 bits per heavy atom. The number of fused-ring (bicyclic) bond motifs is 2. The molecule has 1 aromatic carbocycles. The van der Waals surface area contributed by atoms with Crippen LogP contribution in [0.3, 0.4) is 0 Å². The first kappa shape index (κ1) is 22.1. The van der Waals surface area contributed by atoms with Crippen LogP contribution >= 0.6 is 11.3 Å². The first-order chi connectivity index (χ1) is 16.5. The van der Waals surface area contributed by atoms with Gasteiger partial charge in [-0.1, -0.05) is 17.4 Å². The average molecular weight is 485 g/mol. The van der Waals surface area contributed by atoms with Gasteiger partial charge in [0, 0.05) is 32.6 Å². The fourth-order valence-electron chi connectivity index (χ4n) is 4.08. The standard InChI is InChI=1S/C22H24N6O5S/c1-23-20(30)14-4-6-27(7-5-14)22-26-19-18(34-22)21(31)28(11-25-19)10-17(29)24-9-13-2-3-15-16(8-13)33-12-32-15/h2-3,8,11,14H,4-7,9-10,12H2,1H3,(H,23,30)(H,24,29). The minimum atomic E-state index is -0.304. The number of anilines is 1. The molecule has 2 aliphatic rings. The van der Waals surface area contributed by atoms with Crippen LogP contribution in [0.1, 0.15) is 18.4 Å².